The number of nitrogens with one attached hydrogen (secondary N) is 1. The minimum absolute atomic E-state index is 0.0472. The average Bonchev–Trinajstić information content (AvgIpc) is 2.57. The molecular formula is C17H9ClI2N2O4. The predicted molar refractivity (Wildman–Crippen MR) is 114 cm³/mol. The van der Waals surface area contributed by atoms with E-state index in [0.717, 1.165) is 8.47 Å². The maximum atomic E-state index is 12.8. The van der Waals surface area contributed by atoms with Crippen molar-refractivity contribution in [2.75, 3.05) is 4.90 Å². The van der Waals surface area contributed by atoms with Gasteiger partial charge in [-0.2, -0.15) is 0 Å². The van der Waals surface area contributed by atoms with Gasteiger partial charge in [0.05, 0.1) is 9.26 Å². The number of phenols is 1. The number of amides is 4. The first-order chi connectivity index (χ1) is 12.3. The fourth-order valence-corrected chi connectivity index (χ4v) is 4.35. The molecule has 2 N–H and O–H groups in total. The summed E-state index contributed by atoms with van der Waals surface area (Å²) in [4.78, 5) is 37.9. The number of imide groups is 2. The minimum Gasteiger partial charge on any atom is -0.506 e. The zero-order valence-corrected chi connectivity index (χ0v) is 17.9. The van der Waals surface area contributed by atoms with E-state index in [0.29, 0.717) is 14.2 Å². The number of urea groups is 1. The first-order valence-corrected chi connectivity index (χ1v) is 9.66. The van der Waals surface area contributed by atoms with E-state index in [-0.39, 0.29) is 17.0 Å². The molecule has 0 aliphatic carbocycles. The molecule has 1 saturated heterocycles. The van der Waals surface area contributed by atoms with Crippen LogP contribution in [0.4, 0.5) is 10.5 Å². The van der Waals surface area contributed by atoms with Crippen molar-refractivity contribution in [1.82, 2.24) is 5.32 Å². The number of carbonyl (C=O) groups is 3. The first kappa shape index (κ1) is 19.1. The maximum Gasteiger partial charge on any atom is 0.335 e. The van der Waals surface area contributed by atoms with Gasteiger partial charge in [0.2, 0.25) is 0 Å². The van der Waals surface area contributed by atoms with Crippen LogP contribution in [-0.4, -0.2) is 23.0 Å². The number of barbiturate groups is 1. The van der Waals surface area contributed by atoms with Gasteiger partial charge in [0.15, 0.2) is 0 Å². The average molecular weight is 595 g/mol. The number of hydrogen-bond acceptors (Lipinski definition) is 4. The van der Waals surface area contributed by atoms with Gasteiger partial charge < -0.3 is 5.11 Å². The Morgan fingerprint density at radius 2 is 1.73 bits per heavy atom. The number of benzene rings is 2. The molecule has 0 spiro atoms. The number of anilines is 1. The molecule has 132 valence electrons. The Balaban J connectivity index is 2.07. The van der Waals surface area contributed by atoms with E-state index < -0.39 is 17.8 Å². The Morgan fingerprint density at radius 3 is 2.38 bits per heavy atom. The van der Waals surface area contributed by atoms with Crippen molar-refractivity contribution in [2.45, 2.75) is 0 Å². The molecule has 0 bridgehead atoms. The van der Waals surface area contributed by atoms with Gasteiger partial charge in [0.1, 0.15) is 11.3 Å². The number of phenolic OH excluding ortho intramolecular Hbond substituents is 1. The van der Waals surface area contributed by atoms with Crippen LogP contribution >= 0.6 is 56.8 Å². The Morgan fingerprint density at radius 1 is 1.08 bits per heavy atom. The Bertz CT molecular complexity index is 973. The highest BCUT2D eigenvalue weighted by Crippen LogP contribution is 2.30. The summed E-state index contributed by atoms with van der Waals surface area (Å²) in [6, 6.07) is 8.61. The summed E-state index contributed by atoms with van der Waals surface area (Å²) in [6.07, 6.45) is 1.27. The first-order valence-electron chi connectivity index (χ1n) is 7.13. The van der Waals surface area contributed by atoms with Gasteiger partial charge in [-0.3, -0.25) is 14.9 Å². The Hall–Kier alpha value is -1.66. The molecule has 6 nitrogen and oxygen atoms in total. The van der Waals surface area contributed by atoms with E-state index in [1.54, 1.807) is 12.1 Å². The fourth-order valence-electron chi connectivity index (χ4n) is 2.33. The number of halogens is 3. The van der Waals surface area contributed by atoms with Crippen LogP contribution in [0, 0.1) is 7.14 Å². The summed E-state index contributed by atoms with van der Waals surface area (Å²) in [5.74, 6) is -1.65. The molecule has 3 rings (SSSR count). The highest BCUT2D eigenvalue weighted by atomic mass is 127. The van der Waals surface area contributed by atoms with Crippen molar-refractivity contribution in [3.8, 4) is 5.75 Å². The van der Waals surface area contributed by atoms with Crippen molar-refractivity contribution >= 4 is 86.4 Å². The summed E-state index contributed by atoms with van der Waals surface area (Å²) < 4.78 is 1.40. The second kappa shape index (κ2) is 7.53. The van der Waals surface area contributed by atoms with E-state index in [4.69, 9.17) is 11.6 Å². The van der Waals surface area contributed by atoms with Crippen LogP contribution in [0.5, 0.6) is 5.75 Å². The van der Waals surface area contributed by atoms with Crippen LogP contribution in [0.25, 0.3) is 6.08 Å². The highest BCUT2D eigenvalue weighted by Gasteiger charge is 2.37. The van der Waals surface area contributed by atoms with Gasteiger partial charge in [-0.1, -0.05) is 11.6 Å². The lowest BCUT2D eigenvalue weighted by Gasteiger charge is -2.26. The molecular weight excluding hydrogens is 585 g/mol. The smallest absolute Gasteiger partial charge is 0.335 e. The summed E-state index contributed by atoms with van der Waals surface area (Å²) in [5, 5.41) is 12.8. The second-order valence-corrected chi connectivity index (χ2v) is 8.10. The van der Waals surface area contributed by atoms with Crippen molar-refractivity contribution in [3.63, 3.8) is 0 Å². The SMILES string of the molecule is O=C1NC(=O)N(c2ccc(Cl)cc2)C(=O)/C1=C/c1cc(I)cc(I)c1O. The summed E-state index contributed by atoms with van der Waals surface area (Å²) in [7, 11) is 0. The molecule has 1 fully saturated rings. The molecule has 9 heteroatoms. The third kappa shape index (κ3) is 3.71. The fraction of sp³-hybridized carbons (Fsp3) is 0. The third-order valence-corrected chi connectivity index (χ3v) is 5.24. The molecule has 2 aromatic carbocycles. The zero-order valence-electron chi connectivity index (χ0n) is 12.8. The topological polar surface area (TPSA) is 86.7 Å². The van der Waals surface area contributed by atoms with Crippen molar-refractivity contribution in [1.29, 1.82) is 0 Å². The molecule has 0 aromatic heterocycles. The van der Waals surface area contributed by atoms with Gasteiger partial charge >= 0.3 is 6.03 Å². The molecule has 0 saturated carbocycles. The minimum atomic E-state index is -0.846. The van der Waals surface area contributed by atoms with Gasteiger partial charge in [0.25, 0.3) is 11.8 Å². The zero-order chi connectivity index (χ0) is 19.0. The van der Waals surface area contributed by atoms with Crippen LogP contribution in [0.3, 0.4) is 0 Å². The summed E-state index contributed by atoms with van der Waals surface area (Å²) in [6.45, 7) is 0. The van der Waals surface area contributed by atoms with E-state index in [1.807, 2.05) is 22.6 Å². The number of nitrogens with zero attached hydrogens (tertiary/aromatic N) is 1. The van der Waals surface area contributed by atoms with Crippen LogP contribution in [0.1, 0.15) is 5.56 Å². The van der Waals surface area contributed by atoms with Crippen molar-refractivity contribution < 1.29 is 19.5 Å². The van der Waals surface area contributed by atoms with Crippen LogP contribution in [-0.2, 0) is 9.59 Å². The largest absolute Gasteiger partial charge is 0.506 e. The number of carbonyl (C=O) groups excluding carboxylic acids is 3. The second-order valence-electron chi connectivity index (χ2n) is 5.26. The third-order valence-electron chi connectivity index (χ3n) is 3.54. The van der Waals surface area contributed by atoms with Gasteiger partial charge in [-0.05, 0) is 87.7 Å². The van der Waals surface area contributed by atoms with Gasteiger partial charge in [-0.15, -0.1) is 0 Å². The molecule has 0 atom stereocenters. The van der Waals surface area contributed by atoms with E-state index >= 15 is 0 Å². The molecule has 0 unspecified atom stereocenters. The van der Waals surface area contributed by atoms with Crippen molar-refractivity contribution in [2.24, 2.45) is 0 Å². The molecule has 1 aliphatic heterocycles. The van der Waals surface area contributed by atoms with Crippen molar-refractivity contribution in [3.05, 3.63) is 59.7 Å². The van der Waals surface area contributed by atoms with E-state index in [9.17, 15) is 19.5 Å². The van der Waals surface area contributed by atoms with Gasteiger partial charge in [-0.25, -0.2) is 9.69 Å². The Labute approximate surface area is 180 Å². The lowest BCUT2D eigenvalue weighted by Crippen LogP contribution is -2.54. The predicted octanol–water partition coefficient (Wildman–Crippen LogP) is 3.92. The normalized spacial score (nSPS) is 16.2. The molecule has 1 aliphatic rings. The monoisotopic (exact) mass is 594 g/mol. The lowest BCUT2D eigenvalue weighted by atomic mass is 10.1. The highest BCUT2D eigenvalue weighted by molar-refractivity contribution is 14.1. The van der Waals surface area contributed by atoms with Crippen LogP contribution < -0.4 is 10.2 Å². The molecule has 2 aromatic rings. The van der Waals surface area contributed by atoms with Gasteiger partial charge in [0, 0.05) is 14.2 Å². The standard InChI is InChI=1S/C17H9ClI2N2O4/c18-9-1-3-11(4-2-9)22-16(25)12(15(24)21-17(22)26)6-8-5-10(19)7-13(20)14(8)23/h1-7,23H,(H,21,24,26)/b12-6+. The molecule has 26 heavy (non-hydrogen) atoms. The number of aromatic hydroxyl groups is 1. The summed E-state index contributed by atoms with van der Waals surface area (Å²) >= 11 is 9.85. The molecule has 1 heterocycles. The van der Waals surface area contributed by atoms with Crippen LogP contribution in [0.2, 0.25) is 5.02 Å². The Kier molecular flexibility index (Phi) is 5.53. The number of hydrogen-bond donors (Lipinski definition) is 2. The lowest BCUT2D eigenvalue weighted by molar-refractivity contribution is -0.122. The summed E-state index contributed by atoms with van der Waals surface area (Å²) in [5.41, 5.74) is 0.328. The van der Waals surface area contributed by atoms with E-state index in [2.05, 4.69) is 27.9 Å². The molecule has 4 amide bonds. The number of rotatable bonds is 2. The molecule has 0 radical (unpaired) electrons. The van der Waals surface area contributed by atoms with Crippen LogP contribution in [0.15, 0.2) is 42.0 Å². The maximum absolute atomic E-state index is 12.8. The quantitative estimate of drug-likeness (QED) is 0.314. The van der Waals surface area contributed by atoms with E-state index in [1.165, 1.54) is 30.3 Å².